The van der Waals surface area contributed by atoms with Gasteiger partial charge in [0.15, 0.2) is 0 Å². The minimum Gasteiger partial charge on any atom is -0.481 e. The van der Waals surface area contributed by atoms with Crippen molar-refractivity contribution in [3.63, 3.8) is 0 Å². The molecule has 2 aliphatic rings. The van der Waals surface area contributed by atoms with Gasteiger partial charge in [0.1, 0.15) is 0 Å². The van der Waals surface area contributed by atoms with Crippen molar-refractivity contribution in [3.05, 3.63) is 0 Å². The molecular weight excluding hydrogens is 236 g/mol. The maximum absolute atomic E-state index is 10.9. The lowest BCUT2D eigenvalue weighted by molar-refractivity contribution is -0.139. The summed E-state index contributed by atoms with van der Waals surface area (Å²) in [6.07, 6.45) is 6.63. The standard InChI is InChI=1S/C13H24O3S/c1-13(2,3)17(4,5)16-8-6-9-10(7-8)11(9)12(14)15/h8-11H,6-7H2,1-5H3,(H,14,15). The lowest BCUT2D eigenvalue weighted by Crippen LogP contribution is -2.29. The highest BCUT2D eigenvalue weighted by molar-refractivity contribution is 8.29. The van der Waals surface area contributed by atoms with Crippen LogP contribution in [0.4, 0.5) is 0 Å². The van der Waals surface area contributed by atoms with Crippen LogP contribution in [0.5, 0.6) is 0 Å². The van der Waals surface area contributed by atoms with Gasteiger partial charge in [-0.15, -0.1) is 10.3 Å². The van der Waals surface area contributed by atoms with E-state index < -0.39 is 16.3 Å². The van der Waals surface area contributed by atoms with Gasteiger partial charge >= 0.3 is 5.97 Å². The Morgan fingerprint density at radius 2 is 1.71 bits per heavy atom. The van der Waals surface area contributed by atoms with Crippen LogP contribution in [0.1, 0.15) is 33.6 Å². The van der Waals surface area contributed by atoms with Crippen LogP contribution in [-0.4, -0.2) is 34.4 Å². The average Bonchev–Trinajstić information content (AvgIpc) is 2.62. The number of hydrogen-bond acceptors (Lipinski definition) is 2. The maximum Gasteiger partial charge on any atom is 0.307 e. The molecule has 3 nitrogen and oxygen atoms in total. The SMILES string of the molecule is CC(C)(C)S(C)(C)OC1CC2C(C1)C2C(=O)O. The van der Waals surface area contributed by atoms with Gasteiger partial charge in [0, 0.05) is 4.75 Å². The Morgan fingerprint density at radius 1 is 1.24 bits per heavy atom. The van der Waals surface area contributed by atoms with E-state index in [1.54, 1.807) is 0 Å². The van der Waals surface area contributed by atoms with Gasteiger partial charge in [-0.3, -0.25) is 4.79 Å². The molecule has 0 aromatic carbocycles. The van der Waals surface area contributed by atoms with Crippen molar-refractivity contribution in [1.29, 1.82) is 0 Å². The smallest absolute Gasteiger partial charge is 0.307 e. The second-order valence-corrected chi connectivity index (χ2v) is 10.6. The third kappa shape index (κ3) is 2.34. The molecule has 1 N–H and O–H groups in total. The Morgan fingerprint density at radius 3 is 2.06 bits per heavy atom. The first kappa shape index (κ1) is 13.2. The molecule has 0 saturated heterocycles. The third-order valence-corrected chi connectivity index (χ3v) is 8.24. The fraction of sp³-hybridized carbons (Fsp3) is 0.923. The van der Waals surface area contributed by atoms with Gasteiger partial charge in [-0.1, -0.05) is 20.8 Å². The van der Waals surface area contributed by atoms with E-state index in [2.05, 4.69) is 33.3 Å². The molecule has 2 aliphatic carbocycles. The molecule has 2 unspecified atom stereocenters. The Labute approximate surface area is 105 Å². The molecule has 2 saturated carbocycles. The van der Waals surface area contributed by atoms with Crippen molar-refractivity contribution >= 4 is 16.3 Å². The van der Waals surface area contributed by atoms with Gasteiger partial charge in [-0.05, 0) is 37.2 Å². The van der Waals surface area contributed by atoms with Gasteiger partial charge in [-0.2, -0.15) is 0 Å². The Hall–Kier alpha value is -0.220. The first-order chi connectivity index (χ1) is 7.63. The van der Waals surface area contributed by atoms with Gasteiger partial charge < -0.3 is 9.29 Å². The molecule has 2 rings (SSSR count). The summed E-state index contributed by atoms with van der Waals surface area (Å²) in [6, 6.07) is 0. The number of carboxylic acid groups (broad SMARTS) is 1. The summed E-state index contributed by atoms with van der Waals surface area (Å²) in [5.74, 6) is 0.115. The summed E-state index contributed by atoms with van der Waals surface area (Å²) < 4.78 is 6.47. The second kappa shape index (κ2) is 3.89. The number of fused-ring (bicyclic) bond motifs is 1. The predicted molar refractivity (Wildman–Crippen MR) is 71.4 cm³/mol. The molecule has 17 heavy (non-hydrogen) atoms. The van der Waals surface area contributed by atoms with Crippen LogP contribution in [0.2, 0.25) is 0 Å². The highest BCUT2D eigenvalue weighted by atomic mass is 32.3. The summed E-state index contributed by atoms with van der Waals surface area (Å²) in [7, 11) is -1.07. The molecule has 0 spiro atoms. The Bertz CT molecular complexity index is 320. The topological polar surface area (TPSA) is 46.5 Å². The molecule has 100 valence electrons. The lowest BCUT2D eigenvalue weighted by Gasteiger charge is -2.45. The zero-order valence-electron chi connectivity index (χ0n) is 11.4. The average molecular weight is 260 g/mol. The molecule has 0 bridgehead atoms. The zero-order valence-corrected chi connectivity index (χ0v) is 12.2. The molecule has 4 heteroatoms. The van der Waals surface area contributed by atoms with Crippen LogP contribution in [0.3, 0.4) is 0 Å². The highest BCUT2D eigenvalue weighted by Crippen LogP contribution is 2.62. The number of aliphatic carboxylic acids is 1. The van der Waals surface area contributed by atoms with Crippen LogP contribution < -0.4 is 0 Å². The molecule has 0 aliphatic heterocycles. The van der Waals surface area contributed by atoms with E-state index in [-0.39, 0.29) is 10.7 Å². The molecule has 0 aromatic rings. The minimum atomic E-state index is -1.07. The van der Waals surface area contributed by atoms with E-state index >= 15 is 0 Å². The van der Waals surface area contributed by atoms with Crippen LogP contribution in [-0.2, 0) is 8.98 Å². The normalized spacial score (nSPS) is 37.7. The lowest BCUT2D eigenvalue weighted by atomic mass is 10.1. The quantitative estimate of drug-likeness (QED) is 0.848. The van der Waals surface area contributed by atoms with Crippen LogP contribution in [0, 0.1) is 17.8 Å². The minimum absolute atomic E-state index is 0.0670. The van der Waals surface area contributed by atoms with Crippen molar-refractivity contribution < 1.29 is 14.1 Å². The Balaban J connectivity index is 1.88. The van der Waals surface area contributed by atoms with Crippen molar-refractivity contribution in [3.8, 4) is 0 Å². The monoisotopic (exact) mass is 260 g/mol. The fourth-order valence-corrected chi connectivity index (χ4v) is 3.85. The fourth-order valence-electron chi connectivity index (χ4n) is 2.72. The van der Waals surface area contributed by atoms with Crippen molar-refractivity contribution in [2.24, 2.45) is 17.8 Å². The van der Waals surface area contributed by atoms with E-state index in [1.807, 2.05) is 0 Å². The van der Waals surface area contributed by atoms with Gasteiger partial charge in [0.25, 0.3) is 0 Å². The molecule has 2 atom stereocenters. The van der Waals surface area contributed by atoms with E-state index in [1.165, 1.54) is 0 Å². The summed E-state index contributed by atoms with van der Waals surface area (Å²) in [4.78, 5) is 10.9. The van der Waals surface area contributed by atoms with Crippen molar-refractivity contribution in [1.82, 2.24) is 0 Å². The molecule has 2 fully saturated rings. The van der Waals surface area contributed by atoms with E-state index in [4.69, 9.17) is 9.29 Å². The van der Waals surface area contributed by atoms with Gasteiger partial charge in [-0.25, -0.2) is 0 Å². The van der Waals surface area contributed by atoms with Gasteiger partial charge in [0.05, 0.1) is 12.0 Å². The number of rotatable bonds is 3. The van der Waals surface area contributed by atoms with Crippen molar-refractivity contribution in [2.45, 2.75) is 44.5 Å². The molecule has 0 amide bonds. The van der Waals surface area contributed by atoms with Crippen LogP contribution >= 0.6 is 10.3 Å². The number of carbonyl (C=O) groups is 1. The van der Waals surface area contributed by atoms with E-state index in [9.17, 15) is 4.79 Å². The second-order valence-electron chi connectivity index (χ2n) is 6.73. The maximum atomic E-state index is 10.9. The molecule has 0 aromatic heterocycles. The number of hydrogen-bond donors (Lipinski definition) is 1. The summed E-state index contributed by atoms with van der Waals surface area (Å²) in [5.41, 5.74) is 0. The molecular formula is C13H24O3S. The highest BCUT2D eigenvalue weighted by Gasteiger charge is 2.60. The van der Waals surface area contributed by atoms with E-state index in [0.29, 0.717) is 17.9 Å². The first-order valence-electron chi connectivity index (χ1n) is 6.27. The van der Waals surface area contributed by atoms with Crippen LogP contribution in [0.15, 0.2) is 0 Å². The Kier molecular flexibility index (Phi) is 3.02. The third-order valence-electron chi connectivity index (χ3n) is 4.54. The van der Waals surface area contributed by atoms with Crippen molar-refractivity contribution in [2.75, 3.05) is 12.5 Å². The molecule has 0 heterocycles. The predicted octanol–water partition coefficient (Wildman–Crippen LogP) is 2.89. The summed E-state index contributed by atoms with van der Waals surface area (Å²) in [6.45, 7) is 6.66. The van der Waals surface area contributed by atoms with Gasteiger partial charge in [0.2, 0.25) is 0 Å². The number of carboxylic acids is 1. The van der Waals surface area contributed by atoms with E-state index in [0.717, 1.165) is 12.8 Å². The zero-order chi connectivity index (χ0) is 13.0. The summed E-state index contributed by atoms with van der Waals surface area (Å²) >= 11 is 0. The first-order valence-corrected chi connectivity index (χ1v) is 8.65. The summed E-state index contributed by atoms with van der Waals surface area (Å²) in [5, 5.41) is 8.97. The van der Waals surface area contributed by atoms with Crippen LogP contribution in [0.25, 0.3) is 0 Å². The molecule has 0 radical (unpaired) electrons. The largest absolute Gasteiger partial charge is 0.481 e.